The predicted octanol–water partition coefficient (Wildman–Crippen LogP) is 0.307. The highest BCUT2D eigenvalue weighted by atomic mass is 16.7. The molecule has 7 nitrogen and oxygen atoms in total. The highest BCUT2D eigenvalue weighted by Gasteiger charge is 2.46. The Hall–Kier alpha value is -1.67. The zero-order valence-corrected chi connectivity index (χ0v) is 15.0. The van der Waals surface area contributed by atoms with Crippen LogP contribution in [0.1, 0.15) is 33.3 Å². The maximum Gasteiger partial charge on any atom is 0.223 e. The molecule has 25 heavy (non-hydrogen) atoms. The SMILES string of the molecule is CC(=O)N[C@H]1[C@@H](Oc2ccc(C(C)(C)C)cc2)O[C@@H](CO)[C@@H](O)[C@H]1O. The van der Waals surface area contributed by atoms with Crippen LogP contribution in [0, 0.1) is 0 Å². The standard InChI is InChI=1S/C18H27NO6/c1-10(21)19-14-16(23)15(22)13(9-20)25-17(14)24-12-7-5-11(6-8-12)18(2,3)4/h5-8,13-17,20,22-23H,9H2,1-4H3,(H,19,21)/t13-,14+,15+,16-,17-/m0/s1. The van der Waals surface area contributed by atoms with E-state index in [2.05, 4.69) is 26.1 Å². The van der Waals surface area contributed by atoms with Crippen LogP contribution < -0.4 is 10.1 Å². The number of rotatable bonds is 4. The molecule has 5 atom stereocenters. The number of hydrogen-bond donors (Lipinski definition) is 4. The van der Waals surface area contributed by atoms with Crippen LogP contribution in [0.25, 0.3) is 0 Å². The quantitative estimate of drug-likeness (QED) is 0.620. The molecule has 0 radical (unpaired) electrons. The summed E-state index contributed by atoms with van der Waals surface area (Å²) in [6.45, 7) is 7.12. The van der Waals surface area contributed by atoms with Gasteiger partial charge < -0.3 is 30.1 Å². The topological polar surface area (TPSA) is 108 Å². The van der Waals surface area contributed by atoms with Crippen molar-refractivity contribution in [1.82, 2.24) is 5.32 Å². The number of hydrogen-bond acceptors (Lipinski definition) is 6. The van der Waals surface area contributed by atoms with Crippen LogP contribution in [0.15, 0.2) is 24.3 Å². The number of benzene rings is 1. The summed E-state index contributed by atoms with van der Waals surface area (Å²) < 4.78 is 11.3. The Morgan fingerprint density at radius 2 is 1.80 bits per heavy atom. The maximum atomic E-state index is 11.4. The molecular formula is C18H27NO6. The van der Waals surface area contributed by atoms with Gasteiger partial charge in [-0.2, -0.15) is 0 Å². The second-order valence-corrected chi connectivity index (χ2v) is 7.33. The first-order valence-electron chi connectivity index (χ1n) is 8.30. The molecule has 1 heterocycles. The van der Waals surface area contributed by atoms with Gasteiger partial charge in [-0.25, -0.2) is 0 Å². The normalized spacial score (nSPS) is 30.0. The third kappa shape index (κ3) is 4.70. The van der Waals surface area contributed by atoms with Gasteiger partial charge in [0.15, 0.2) is 0 Å². The Morgan fingerprint density at radius 1 is 1.20 bits per heavy atom. The molecule has 0 bridgehead atoms. The first-order chi connectivity index (χ1) is 11.6. The lowest BCUT2D eigenvalue weighted by molar-refractivity contribution is -0.244. The molecule has 0 saturated carbocycles. The van der Waals surface area contributed by atoms with Gasteiger partial charge in [0, 0.05) is 6.92 Å². The Kier molecular flexibility index (Phi) is 6.05. The molecule has 140 valence electrons. The smallest absolute Gasteiger partial charge is 0.223 e. The molecule has 1 amide bonds. The fraction of sp³-hybridized carbons (Fsp3) is 0.611. The van der Waals surface area contributed by atoms with Gasteiger partial charge in [0.1, 0.15) is 30.1 Å². The highest BCUT2D eigenvalue weighted by molar-refractivity contribution is 5.73. The van der Waals surface area contributed by atoms with Crippen LogP contribution in [0.5, 0.6) is 5.75 Å². The Bertz CT molecular complexity index is 582. The van der Waals surface area contributed by atoms with Crippen molar-refractivity contribution < 1.29 is 29.6 Å². The Labute approximate surface area is 147 Å². The van der Waals surface area contributed by atoms with E-state index in [1.165, 1.54) is 6.92 Å². The molecule has 1 aromatic rings. The highest BCUT2D eigenvalue weighted by Crippen LogP contribution is 2.27. The molecule has 4 N–H and O–H groups in total. The van der Waals surface area contributed by atoms with Crippen molar-refractivity contribution >= 4 is 5.91 Å². The lowest BCUT2D eigenvalue weighted by Gasteiger charge is -2.42. The lowest BCUT2D eigenvalue weighted by atomic mass is 9.87. The number of carbonyl (C=O) groups excluding carboxylic acids is 1. The molecule has 1 aromatic carbocycles. The van der Waals surface area contributed by atoms with E-state index < -0.39 is 37.3 Å². The van der Waals surface area contributed by atoms with Crippen molar-refractivity contribution in [2.75, 3.05) is 6.61 Å². The van der Waals surface area contributed by atoms with Gasteiger partial charge in [-0.15, -0.1) is 0 Å². The van der Waals surface area contributed by atoms with E-state index in [0.717, 1.165) is 5.56 Å². The van der Waals surface area contributed by atoms with Crippen LogP contribution in [-0.4, -0.2) is 58.5 Å². The molecule has 1 aliphatic heterocycles. The van der Waals surface area contributed by atoms with Gasteiger partial charge in [-0.05, 0) is 23.1 Å². The predicted molar refractivity (Wildman–Crippen MR) is 91.1 cm³/mol. The van der Waals surface area contributed by atoms with Crippen LogP contribution in [0.2, 0.25) is 0 Å². The van der Waals surface area contributed by atoms with Crippen molar-refractivity contribution in [3.05, 3.63) is 29.8 Å². The molecule has 0 spiro atoms. The molecule has 1 aliphatic rings. The van der Waals surface area contributed by atoms with Crippen LogP contribution in [0.4, 0.5) is 0 Å². The molecule has 1 fully saturated rings. The summed E-state index contributed by atoms with van der Waals surface area (Å²) in [5, 5.41) is 32.1. The Morgan fingerprint density at radius 3 is 2.28 bits per heavy atom. The summed E-state index contributed by atoms with van der Waals surface area (Å²) in [5.74, 6) is 0.104. The number of aliphatic hydroxyl groups is 3. The van der Waals surface area contributed by atoms with Gasteiger partial charge >= 0.3 is 0 Å². The van der Waals surface area contributed by atoms with Crippen LogP contribution >= 0.6 is 0 Å². The average molecular weight is 353 g/mol. The molecule has 7 heteroatoms. The number of aliphatic hydroxyl groups excluding tert-OH is 3. The summed E-state index contributed by atoms with van der Waals surface area (Å²) >= 11 is 0. The first-order valence-corrected chi connectivity index (χ1v) is 8.30. The third-order valence-electron chi connectivity index (χ3n) is 4.22. The Balaban J connectivity index is 2.19. The van der Waals surface area contributed by atoms with E-state index in [9.17, 15) is 20.1 Å². The van der Waals surface area contributed by atoms with E-state index in [0.29, 0.717) is 5.75 Å². The van der Waals surface area contributed by atoms with Crippen LogP contribution in [0.3, 0.4) is 0 Å². The summed E-state index contributed by atoms with van der Waals surface area (Å²) in [7, 11) is 0. The van der Waals surface area contributed by atoms with E-state index in [4.69, 9.17) is 9.47 Å². The summed E-state index contributed by atoms with van der Waals surface area (Å²) in [6.07, 6.45) is -4.70. The minimum atomic E-state index is -1.33. The fourth-order valence-corrected chi connectivity index (χ4v) is 2.74. The van der Waals surface area contributed by atoms with Crippen LogP contribution in [-0.2, 0) is 14.9 Å². The molecule has 1 saturated heterocycles. The van der Waals surface area contributed by atoms with Crippen molar-refractivity contribution in [2.24, 2.45) is 0 Å². The number of ether oxygens (including phenoxy) is 2. The summed E-state index contributed by atoms with van der Waals surface area (Å²) in [4.78, 5) is 11.4. The van der Waals surface area contributed by atoms with Crippen molar-refractivity contribution in [3.63, 3.8) is 0 Å². The monoisotopic (exact) mass is 353 g/mol. The molecule has 0 unspecified atom stereocenters. The second kappa shape index (κ2) is 7.70. The van der Waals surface area contributed by atoms with Crippen molar-refractivity contribution in [3.8, 4) is 5.75 Å². The van der Waals surface area contributed by atoms with E-state index in [-0.39, 0.29) is 11.3 Å². The molecular weight excluding hydrogens is 326 g/mol. The first kappa shape index (κ1) is 19.7. The summed E-state index contributed by atoms with van der Waals surface area (Å²) in [6, 6.07) is 6.46. The van der Waals surface area contributed by atoms with Gasteiger partial charge in [0.25, 0.3) is 0 Å². The second-order valence-electron chi connectivity index (χ2n) is 7.33. The maximum absolute atomic E-state index is 11.4. The molecule has 0 aromatic heterocycles. The minimum Gasteiger partial charge on any atom is -0.463 e. The van der Waals surface area contributed by atoms with Crippen molar-refractivity contribution in [1.29, 1.82) is 0 Å². The minimum absolute atomic E-state index is 0.000870. The molecule has 2 rings (SSSR count). The van der Waals surface area contributed by atoms with E-state index in [1.54, 1.807) is 12.1 Å². The number of nitrogens with one attached hydrogen (secondary N) is 1. The van der Waals surface area contributed by atoms with Gasteiger partial charge in [-0.1, -0.05) is 32.9 Å². The number of amides is 1. The lowest BCUT2D eigenvalue weighted by Crippen LogP contribution is -2.65. The zero-order chi connectivity index (χ0) is 18.8. The van der Waals surface area contributed by atoms with Gasteiger partial charge in [0.2, 0.25) is 12.2 Å². The summed E-state index contributed by atoms with van der Waals surface area (Å²) in [5.41, 5.74) is 1.13. The van der Waals surface area contributed by atoms with Gasteiger partial charge in [0.05, 0.1) is 6.61 Å². The van der Waals surface area contributed by atoms with Gasteiger partial charge in [-0.3, -0.25) is 4.79 Å². The zero-order valence-electron chi connectivity index (χ0n) is 15.0. The fourth-order valence-electron chi connectivity index (χ4n) is 2.74. The number of carbonyl (C=O) groups is 1. The average Bonchev–Trinajstić information content (AvgIpc) is 2.53. The van der Waals surface area contributed by atoms with E-state index >= 15 is 0 Å². The van der Waals surface area contributed by atoms with Crippen molar-refractivity contribution in [2.45, 2.75) is 63.8 Å². The largest absolute Gasteiger partial charge is 0.463 e. The molecule has 0 aliphatic carbocycles. The third-order valence-corrected chi connectivity index (χ3v) is 4.22. The van der Waals surface area contributed by atoms with E-state index in [1.807, 2.05) is 12.1 Å².